The maximum Gasteiger partial charge on any atom is 0.221 e. The fraction of sp³-hybridized carbons (Fsp3) is 0.375. The molecule has 1 heterocycles. The third-order valence-corrected chi connectivity index (χ3v) is 5.34. The number of nitrogens with one attached hydrogen (secondary N) is 1. The zero-order chi connectivity index (χ0) is 21.1. The molecule has 0 radical (unpaired) electrons. The highest BCUT2D eigenvalue weighted by molar-refractivity contribution is 6.31. The fourth-order valence-corrected chi connectivity index (χ4v) is 3.70. The Kier molecular flexibility index (Phi) is 6.18. The summed E-state index contributed by atoms with van der Waals surface area (Å²) in [5, 5.41) is 4.67. The third kappa shape index (κ3) is 5.08. The van der Waals surface area contributed by atoms with Crippen molar-refractivity contribution in [1.29, 1.82) is 0 Å². The molecule has 5 nitrogen and oxygen atoms in total. The second-order valence-electron chi connectivity index (χ2n) is 8.33. The topological polar surface area (TPSA) is 58.1 Å². The minimum atomic E-state index is 0.107. The van der Waals surface area contributed by atoms with E-state index in [1.807, 2.05) is 48.5 Å². The van der Waals surface area contributed by atoms with E-state index in [0.29, 0.717) is 35.8 Å². The molecule has 1 aliphatic carbocycles. The Morgan fingerprint density at radius 3 is 2.63 bits per heavy atom. The van der Waals surface area contributed by atoms with Crippen molar-refractivity contribution in [1.82, 2.24) is 15.3 Å². The number of nitrogens with zero attached hydrogens (tertiary/aromatic N) is 3. The lowest BCUT2D eigenvalue weighted by molar-refractivity contribution is -0.121. The number of benzene rings is 2. The summed E-state index contributed by atoms with van der Waals surface area (Å²) in [5.41, 5.74) is 1.76. The second kappa shape index (κ2) is 9.00. The summed E-state index contributed by atoms with van der Waals surface area (Å²) in [6.45, 7) is 5.77. The van der Waals surface area contributed by atoms with E-state index in [1.165, 1.54) is 0 Å². The summed E-state index contributed by atoms with van der Waals surface area (Å²) < 4.78 is 0. The van der Waals surface area contributed by atoms with Crippen LogP contribution in [0.15, 0.2) is 48.5 Å². The van der Waals surface area contributed by atoms with Crippen LogP contribution in [0, 0.1) is 5.92 Å². The average molecular weight is 423 g/mol. The van der Waals surface area contributed by atoms with Crippen LogP contribution in [-0.2, 0) is 4.79 Å². The predicted molar refractivity (Wildman–Crippen MR) is 123 cm³/mol. The number of anilines is 1. The van der Waals surface area contributed by atoms with Gasteiger partial charge in [-0.3, -0.25) is 4.79 Å². The van der Waals surface area contributed by atoms with Gasteiger partial charge in [-0.1, -0.05) is 55.8 Å². The van der Waals surface area contributed by atoms with Crippen LogP contribution in [0.2, 0.25) is 5.02 Å². The lowest BCUT2D eigenvalue weighted by Gasteiger charge is -2.27. The summed E-state index contributed by atoms with van der Waals surface area (Å²) in [5.74, 6) is 2.05. The average Bonchev–Trinajstić information content (AvgIpc) is 3.54. The van der Waals surface area contributed by atoms with Crippen molar-refractivity contribution < 1.29 is 4.79 Å². The van der Waals surface area contributed by atoms with E-state index in [0.717, 1.165) is 41.7 Å². The van der Waals surface area contributed by atoms with Gasteiger partial charge in [0, 0.05) is 41.5 Å². The quantitative estimate of drug-likeness (QED) is 0.549. The molecule has 1 aromatic heterocycles. The fourth-order valence-electron chi connectivity index (χ4n) is 3.53. The number of hydrogen-bond donors (Lipinski definition) is 1. The Hall–Kier alpha value is -2.66. The molecule has 1 saturated carbocycles. The van der Waals surface area contributed by atoms with Crippen molar-refractivity contribution in [3.63, 3.8) is 0 Å². The number of carbonyl (C=O) groups excluding carboxylic acids is 1. The third-order valence-electron chi connectivity index (χ3n) is 5.11. The first-order valence-corrected chi connectivity index (χ1v) is 10.9. The first-order valence-electron chi connectivity index (χ1n) is 10.6. The number of fused-ring (bicyclic) bond motifs is 1. The van der Waals surface area contributed by atoms with Gasteiger partial charge in [0.2, 0.25) is 5.91 Å². The minimum Gasteiger partial charge on any atom is -0.355 e. The van der Waals surface area contributed by atoms with Crippen molar-refractivity contribution in [3.05, 3.63) is 53.6 Å². The van der Waals surface area contributed by atoms with Gasteiger partial charge in [0.25, 0.3) is 0 Å². The Balaban J connectivity index is 1.72. The largest absolute Gasteiger partial charge is 0.355 e. The smallest absolute Gasteiger partial charge is 0.221 e. The molecule has 30 heavy (non-hydrogen) atoms. The van der Waals surface area contributed by atoms with Crippen LogP contribution in [0.4, 0.5) is 5.82 Å². The standard InChI is InChI=1S/C24H27ClN4O/c1-16(2)15-29(13-12-22(30)26-19-9-10-19)24-20-11-8-18(25)14-21(20)27-23(28-24)17-6-4-3-5-7-17/h3-8,11,14,16,19H,9-10,12-13,15H2,1-2H3,(H,26,30). The number of rotatable bonds is 8. The molecule has 6 heteroatoms. The van der Waals surface area contributed by atoms with Gasteiger partial charge in [-0.25, -0.2) is 9.97 Å². The first kappa shape index (κ1) is 20.6. The monoisotopic (exact) mass is 422 g/mol. The molecule has 2 aromatic carbocycles. The van der Waals surface area contributed by atoms with Gasteiger partial charge in [-0.05, 0) is 37.0 Å². The molecule has 156 valence electrons. The van der Waals surface area contributed by atoms with Crippen LogP contribution in [0.5, 0.6) is 0 Å². The summed E-state index contributed by atoms with van der Waals surface area (Å²) in [4.78, 5) is 24.2. The Labute approximate surface area is 182 Å². The van der Waals surface area contributed by atoms with Crippen LogP contribution in [0.1, 0.15) is 33.1 Å². The Bertz CT molecular complexity index is 1030. The number of halogens is 1. The van der Waals surface area contributed by atoms with Crippen LogP contribution in [0.3, 0.4) is 0 Å². The van der Waals surface area contributed by atoms with Gasteiger partial charge in [0.1, 0.15) is 5.82 Å². The lowest BCUT2D eigenvalue weighted by Crippen LogP contribution is -2.34. The van der Waals surface area contributed by atoms with E-state index in [4.69, 9.17) is 21.6 Å². The predicted octanol–water partition coefficient (Wildman–Crippen LogP) is 5.08. The second-order valence-corrected chi connectivity index (χ2v) is 8.77. The molecule has 4 rings (SSSR count). The van der Waals surface area contributed by atoms with Gasteiger partial charge >= 0.3 is 0 Å². The number of carbonyl (C=O) groups is 1. The van der Waals surface area contributed by atoms with E-state index in [1.54, 1.807) is 0 Å². The van der Waals surface area contributed by atoms with Crippen LogP contribution >= 0.6 is 11.6 Å². The van der Waals surface area contributed by atoms with Crippen molar-refractivity contribution in [2.75, 3.05) is 18.0 Å². The molecule has 0 saturated heterocycles. The van der Waals surface area contributed by atoms with Gasteiger partial charge in [-0.15, -0.1) is 0 Å². The van der Waals surface area contributed by atoms with Gasteiger partial charge < -0.3 is 10.2 Å². The van der Waals surface area contributed by atoms with Crippen molar-refractivity contribution in [3.8, 4) is 11.4 Å². The molecule has 1 N–H and O–H groups in total. The zero-order valence-electron chi connectivity index (χ0n) is 17.4. The van der Waals surface area contributed by atoms with Crippen LogP contribution < -0.4 is 10.2 Å². The highest BCUT2D eigenvalue weighted by atomic mass is 35.5. The maximum atomic E-state index is 12.3. The van der Waals surface area contributed by atoms with E-state index >= 15 is 0 Å². The number of hydrogen-bond acceptors (Lipinski definition) is 4. The summed E-state index contributed by atoms with van der Waals surface area (Å²) in [7, 11) is 0. The van der Waals surface area contributed by atoms with Crippen LogP contribution in [0.25, 0.3) is 22.3 Å². The molecule has 3 aromatic rings. The molecule has 1 fully saturated rings. The SMILES string of the molecule is CC(C)CN(CCC(=O)NC1CC1)c1nc(-c2ccccc2)nc2cc(Cl)ccc12. The Morgan fingerprint density at radius 1 is 1.17 bits per heavy atom. The van der Waals surface area contributed by atoms with Crippen molar-refractivity contribution in [2.45, 2.75) is 39.2 Å². The molecule has 1 aliphatic rings. The van der Waals surface area contributed by atoms with E-state index in [2.05, 4.69) is 24.1 Å². The molecule has 0 spiro atoms. The first-order chi connectivity index (χ1) is 14.5. The van der Waals surface area contributed by atoms with Gasteiger partial charge in [-0.2, -0.15) is 0 Å². The molecular formula is C24H27ClN4O. The highest BCUT2D eigenvalue weighted by Crippen LogP contribution is 2.30. The van der Waals surface area contributed by atoms with Crippen molar-refractivity contribution in [2.24, 2.45) is 5.92 Å². The van der Waals surface area contributed by atoms with E-state index in [-0.39, 0.29) is 5.91 Å². The summed E-state index contributed by atoms with van der Waals surface area (Å²) in [6.07, 6.45) is 2.64. The molecule has 0 aliphatic heterocycles. The van der Waals surface area contributed by atoms with Gasteiger partial charge in [0.15, 0.2) is 5.82 Å². The summed E-state index contributed by atoms with van der Waals surface area (Å²) >= 11 is 6.26. The molecule has 0 unspecified atom stereocenters. The highest BCUT2D eigenvalue weighted by Gasteiger charge is 2.24. The maximum absolute atomic E-state index is 12.3. The zero-order valence-corrected chi connectivity index (χ0v) is 18.2. The Morgan fingerprint density at radius 2 is 1.93 bits per heavy atom. The lowest BCUT2D eigenvalue weighted by atomic mass is 10.1. The van der Waals surface area contributed by atoms with Crippen LogP contribution in [-0.4, -0.2) is 35.0 Å². The van der Waals surface area contributed by atoms with E-state index < -0.39 is 0 Å². The minimum absolute atomic E-state index is 0.107. The normalized spacial score (nSPS) is 13.6. The van der Waals surface area contributed by atoms with Crippen molar-refractivity contribution >= 4 is 34.2 Å². The molecule has 1 amide bonds. The molecular weight excluding hydrogens is 396 g/mol. The van der Waals surface area contributed by atoms with E-state index in [9.17, 15) is 4.79 Å². The number of amides is 1. The summed E-state index contributed by atoms with van der Waals surface area (Å²) in [6, 6.07) is 16.0. The molecule has 0 atom stereocenters. The molecule has 0 bridgehead atoms. The number of aromatic nitrogens is 2. The van der Waals surface area contributed by atoms with Gasteiger partial charge in [0.05, 0.1) is 5.52 Å².